The summed E-state index contributed by atoms with van der Waals surface area (Å²) in [4.78, 5) is 15.6. The average molecular weight is 518 g/mol. The molecule has 36 heavy (non-hydrogen) atoms. The standard InChI is InChI=1S/C27H43N5O3S/c1-19(2)24-9-11-25(12-10-24)32(36(34,35)27-22(5)29-30(7)23(27)6)18-26(33)28-13-8-14-31-16-20(3)15-21(4)17-31/h9-12,19-21H,8,13-18H2,1-7H3,(H,28,33)/t20-,21-/m1/s1. The van der Waals surface area contributed by atoms with Gasteiger partial charge in [-0.2, -0.15) is 5.10 Å². The molecule has 200 valence electrons. The van der Waals surface area contributed by atoms with E-state index in [1.165, 1.54) is 10.7 Å². The summed E-state index contributed by atoms with van der Waals surface area (Å²) in [6.07, 6.45) is 2.10. The molecular formula is C27H43N5O3S. The lowest BCUT2D eigenvalue weighted by molar-refractivity contribution is -0.119. The minimum atomic E-state index is -4.00. The summed E-state index contributed by atoms with van der Waals surface area (Å²) in [6, 6.07) is 7.40. The Morgan fingerprint density at radius 1 is 1.14 bits per heavy atom. The molecule has 2 atom stereocenters. The van der Waals surface area contributed by atoms with E-state index >= 15 is 0 Å². The largest absolute Gasteiger partial charge is 0.354 e. The minimum absolute atomic E-state index is 0.152. The van der Waals surface area contributed by atoms with Crippen molar-refractivity contribution in [3.8, 4) is 0 Å². The number of aromatic nitrogens is 2. The molecule has 1 saturated heterocycles. The van der Waals surface area contributed by atoms with Gasteiger partial charge in [-0.1, -0.05) is 39.8 Å². The van der Waals surface area contributed by atoms with Crippen LogP contribution in [0.1, 0.15) is 63.4 Å². The van der Waals surface area contributed by atoms with Gasteiger partial charge in [0.1, 0.15) is 11.4 Å². The Labute approximate surface area is 217 Å². The highest BCUT2D eigenvalue weighted by molar-refractivity contribution is 7.93. The van der Waals surface area contributed by atoms with E-state index in [1.807, 2.05) is 12.1 Å². The Morgan fingerprint density at radius 3 is 2.28 bits per heavy atom. The van der Waals surface area contributed by atoms with Crippen molar-refractivity contribution in [2.45, 2.75) is 65.2 Å². The van der Waals surface area contributed by atoms with Crippen molar-refractivity contribution in [1.29, 1.82) is 0 Å². The lowest BCUT2D eigenvalue weighted by atomic mass is 9.92. The van der Waals surface area contributed by atoms with Crippen molar-refractivity contribution in [2.24, 2.45) is 18.9 Å². The fourth-order valence-corrected chi connectivity index (χ4v) is 7.10. The number of piperidine rings is 1. The molecule has 0 unspecified atom stereocenters. The van der Waals surface area contributed by atoms with Gasteiger partial charge in [0, 0.05) is 26.7 Å². The van der Waals surface area contributed by atoms with Gasteiger partial charge < -0.3 is 10.2 Å². The molecule has 9 heteroatoms. The second-order valence-electron chi connectivity index (χ2n) is 10.8. The summed E-state index contributed by atoms with van der Waals surface area (Å²) in [6.45, 7) is 15.5. The van der Waals surface area contributed by atoms with E-state index in [2.05, 4.69) is 43.0 Å². The first-order valence-corrected chi connectivity index (χ1v) is 14.5. The Morgan fingerprint density at radius 2 is 1.75 bits per heavy atom. The summed E-state index contributed by atoms with van der Waals surface area (Å²) in [5, 5.41) is 7.23. The van der Waals surface area contributed by atoms with Crippen molar-refractivity contribution in [3.05, 3.63) is 41.2 Å². The number of anilines is 1. The van der Waals surface area contributed by atoms with E-state index in [-0.39, 0.29) is 17.3 Å². The van der Waals surface area contributed by atoms with Gasteiger partial charge in [0.15, 0.2) is 0 Å². The minimum Gasteiger partial charge on any atom is -0.354 e. The van der Waals surface area contributed by atoms with E-state index < -0.39 is 10.0 Å². The van der Waals surface area contributed by atoms with E-state index in [0.717, 1.165) is 31.6 Å². The van der Waals surface area contributed by atoms with Crippen LogP contribution in [-0.2, 0) is 21.9 Å². The Bertz CT molecular complexity index is 1130. The molecule has 1 N–H and O–H groups in total. The number of amides is 1. The number of hydrogen-bond acceptors (Lipinski definition) is 5. The molecule has 1 amide bonds. The molecule has 0 aliphatic carbocycles. The second kappa shape index (κ2) is 11.8. The molecule has 0 spiro atoms. The third-order valence-corrected chi connectivity index (χ3v) is 9.07. The summed E-state index contributed by atoms with van der Waals surface area (Å²) in [7, 11) is -2.28. The van der Waals surface area contributed by atoms with E-state index in [4.69, 9.17) is 0 Å². The first-order chi connectivity index (χ1) is 16.9. The van der Waals surface area contributed by atoms with Crippen LogP contribution in [0.4, 0.5) is 5.69 Å². The Kier molecular flexibility index (Phi) is 9.22. The van der Waals surface area contributed by atoms with E-state index in [0.29, 0.717) is 41.4 Å². The monoisotopic (exact) mass is 517 g/mol. The summed E-state index contributed by atoms with van der Waals surface area (Å²) in [5.41, 5.74) is 2.54. The van der Waals surface area contributed by atoms with Crippen molar-refractivity contribution in [1.82, 2.24) is 20.0 Å². The summed E-state index contributed by atoms with van der Waals surface area (Å²) < 4.78 is 30.4. The van der Waals surface area contributed by atoms with Gasteiger partial charge in [0.25, 0.3) is 10.0 Å². The van der Waals surface area contributed by atoms with Crippen molar-refractivity contribution in [3.63, 3.8) is 0 Å². The molecule has 0 saturated carbocycles. The van der Waals surface area contributed by atoms with Crippen LogP contribution in [0.25, 0.3) is 0 Å². The maximum absolute atomic E-state index is 13.8. The third-order valence-electron chi connectivity index (χ3n) is 7.04. The predicted molar refractivity (Wildman–Crippen MR) is 145 cm³/mol. The maximum atomic E-state index is 13.8. The molecular weight excluding hydrogens is 474 g/mol. The lowest BCUT2D eigenvalue weighted by Gasteiger charge is -2.34. The first-order valence-electron chi connectivity index (χ1n) is 13.0. The zero-order valence-corrected chi connectivity index (χ0v) is 23.7. The highest BCUT2D eigenvalue weighted by Crippen LogP contribution is 2.29. The molecule has 1 aliphatic rings. The molecule has 1 aliphatic heterocycles. The average Bonchev–Trinajstić information content (AvgIpc) is 3.06. The second-order valence-corrected chi connectivity index (χ2v) is 12.6. The molecule has 1 aromatic carbocycles. The van der Waals surface area contributed by atoms with Gasteiger partial charge in [0.05, 0.1) is 17.1 Å². The van der Waals surface area contributed by atoms with Gasteiger partial charge >= 0.3 is 0 Å². The van der Waals surface area contributed by atoms with Gasteiger partial charge in [0.2, 0.25) is 5.91 Å². The smallest absolute Gasteiger partial charge is 0.268 e. The number of sulfonamides is 1. The van der Waals surface area contributed by atoms with Crippen LogP contribution in [0.3, 0.4) is 0 Å². The molecule has 0 radical (unpaired) electrons. The van der Waals surface area contributed by atoms with Crippen LogP contribution in [-0.4, -0.2) is 61.7 Å². The Balaban J connectivity index is 1.73. The number of hydrogen-bond donors (Lipinski definition) is 1. The molecule has 8 nitrogen and oxygen atoms in total. The fourth-order valence-electron chi connectivity index (χ4n) is 5.27. The molecule has 1 fully saturated rings. The van der Waals surface area contributed by atoms with Crippen LogP contribution < -0.4 is 9.62 Å². The number of benzene rings is 1. The topological polar surface area (TPSA) is 87.5 Å². The normalized spacial score (nSPS) is 19.0. The van der Waals surface area contributed by atoms with Crippen molar-refractivity contribution >= 4 is 21.6 Å². The molecule has 1 aromatic heterocycles. The SMILES string of the molecule is Cc1nn(C)c(C)c1S(=O)(=O)N(CC(=O)NCCCN1C[C@H](C)C[C@@H](C)C1)c1ccc(C(C)C)cc1. The van der Waals surface area contributed by atoms with Crippen LogP contribution in [0, 0.1) is 25.7 Å². The highest BCUT2D eigenvalue weighted by atomic mass is 32.2. The molecule has 2 heterocycles. The van der Waals surface area contributed by atoms with Crippen LogP contribution in [0.2, 0.25) is 0 Å². The quantitative estimate of drug-likeness (QED) is 0.484. The number of aryl methyl sites for hydroxylation is 2. The number of carbonyl (C=O) groups excluding carboxylic acids is 1. The molecule has 2 aromatic rings. The number of rotatable bonds is 10. The van der Waals surface area contributed by atoms with Crippen LogP contribution in [0.5, 0.6) is 0 Å². The summed E-state index contributed by atoms with van der Waals surface area (Å²) in [5.74, 6) is 1.40. The van der Waals surface area contributed by atoms with Crippen molar-refractivity contribution in [2.75, 3.05) is 37.0 Å². The van der Waals surface area contributed by atoms with Gasteiger partial charge in [-0.25, -0.2) is 8.42 Å². The van der Waals surface area contributed by atoms with E-state index in [9.17, 15) is 13.2 Å². The number of likely N-dealkylation sites (tertiary alicyclic amines) is 1. The van der Waals surface area contributed by atoms with Crippen molar-refractivity contribution < 1.29 is 13.2 Å². The first kappa shape index (κ1) is 28.2. The van der Waals surface area contributed by atoms with Gasteiger partial charge in [-0.3, -0.25) is 13.8 Å². The maximum Gasteiger partial charge on any atom is 0.268 e. The van der Waals surface area contributed by atoms with Gasteiger partial charge in [-0.05, 0) is 68.7 Å². The zero-order chi connectivity index (χ0) is 26.6. The van der Waals surface area contributed by atoms with E-state index in [1.54, 1.807) is 37.7 Å². The number of nitrogens with one attached hydrogen (secondary N) is 1. The van der Waals surface area contributed by atoms with Gasteiger partial charge in [-0.15, -0.1) is 0 Å². The third kappa shape index (κ3) is 6.68. The fraction of sp³-hybridized carbons (Fsp3) is 0.630. The molecule has 0 bridgehead atoms. The van der Waals surface area contributed by atoms with Crippen LogP contribution in [0.15, 0.2) is 29.2 Å². The number of nitrogens with zero attached hydrogens (tertiary/aromatic N) is 4. The number of carbonyl (C=O) groups is 1. The Hall–Kier alpha value is -2.39. The highest BCUT2D eigenvalue weighted by Gasteiger charge is 2.32. The predicted octanol–water partition coefficient (Wildman–Crippen LogP) is 3.84. The molecule has 3 rings (SSSR count). The lowest BCUT2D eigenvalue weighted by Crippen LogP contribution is -2.43. The summed E-state index contributed by atoms with van der Waals surface area (Å²) >= 11 is 0. The van der Waals surface area contributed by atoms with Crippen LogP contribution >= 0.6 is 0 Å². The zero-order valence-electron chi connectivity index (χ0n) is 22.9.